The first-order valence-electron chi connectivity index (χ1n) is 12.1. The second-order valence-corrected chi connectivity index (χ2v) is 11.3. The van der Waals surface area contributed by atoms with Gasteiger partial charge in [0.05, 0.1) is 21.7 Å². The summed E-state index contributed by atoms with van der Waals surface area (Å²) in [5, 5.41) is 0.735. The topological polar surface area (TPSA) is 65.5 Å². The van der Waals surface area contributed by atoms with Gasteiger partial charge in [0.25, 0.3) is 0 Å². The van der Waals surface area contributed by atoms with Gasteiger partial charge in [-0.1, -0.05) is 44.5 Å². The van der Waals surface area contributed by atoms with Crippen LogP contribution in [0.2, 0.25) is 5.02 Å². The third kappa shape index (κ3) is 7.14. The molecule has 3 rings (SSSR count). The van der Waals surface area contributed by atoms with Gasteiger partial charge >= 0.3 is 12.1 Å². The van der Waals surface area contributed by atoms with Gasteiger partial charge in [0.15, 0.2) is 11.5 Å². The normalized spacial score (nSPS) is 12.1. The average molecular weight is 568 g/mol. The molecule has 0 fully saturated rings. The van der Waals surface area contributed by atoms with Gasteiger partial charge in [-0.25, -0.2) is 14.7 Å². The van der Waals surface area contributed by atoms with Crippen LogP contribution in [0.4, 0.5) is 13.2 Å². The first kappa shape index (κ1) is 29.6. The summed E-state index contributed by atoms with van der Waals surface area (Å²) < 4.78 is 38.7. The first-order valence-corrected chi connectivity index (χ1v) is 13.3. The molecule has 0 aliphatic rings. The molecule has 0 atom stereocenters. The second-order valence-electron chi connectivity index (χ2n) is 9.82. The van der Waals surface area contributed by atoms with Crippen molar-refractivity contribution < 1.29 is 32.5 Å². The standard InChI is InChI=1S/C28H29ClF3NO4S/c1-6-27(4,5)26(35)37-36-22-13-9-18(15-20(22)29)21(34)12-14-23-24(16(2)3)33-25(38-23)17-7-10-19(11-8-17)28(30,31)32/h7-11,13,15-16H,6,12,14H2,1-5H3. The van der Waals surface area contributed by atoms with Crippen molar-refractivity contribution >= 4 is 34.7 Å². The molecule has 2 aromatic carbocycles. The fourth-order valence-electron chi connectivity index (χ4n) is 3.37. The van der Waals surface area contributed by atoms with Crippen molar-refractivity contribution in [1.82, 2.24) is 4.98 Å². The first-order chi connectivity index (χ1) is 17.7. The van der Waals surface area contributed by atoms with Crippen LogP contribution in [-0.4, -0.2) is 16.7 Å². The second kappa shape index (κ2) is 11.9. The molecule has 5 nitrogen and oxygen atoms in total. The Hall–Kier alpha value is -2.91. The van der Waals surface area contributed by atoms with Crippen LogP contribution in [0, 0.1) is 5.41 Å². The predicted molar refractivity (Wildman–Crippen MR) is 142 cm³/mol. The van der Waals surface area contributed by atoms with Crippen LogP contribution in [0.5, 0.6) is 5.75 Å². The Morgan fingerprint density at radius 1 is 1.08 bits per heavy atom. The Morgan fingerprint density at radius 2 is 1.74 bits per heavy atom. The highest BCUT2D eigenvalue weighted by Gasteiger charge is 2.30. The molecule has 0 radical (unpaired) electrons. The number of nitrogens with zero attached hydrogens (tertiary/aromatic N) is 1. The number of Topliss-reactive ketones (excluding diaryl/α,β-unsaturated/α-hetero) is 1. The summed E-state index contributed by atoms with van der Waals surface area (Å²) in [5.41, 5.74) is 0.358. The van der Waals surface area contributed by atoms with Crippen molar-refractivity contribution in [3.8, 4) is 16.3 Å². The Kier molecular flexibility index (Phi) is 9.26. The molecule has 0 aliphatic heterocycles. The van der Waals surface area contributed by atoms with E-state index in [9.17, 15) is 22.8 Å². The van der Waals surface area contributed by atoms with Crippen molar-refractivity contribution in [1.29, 1.82) is 0 Å². The maximum absolute atomic E-state index is 12.9. The Morgan fingerprint density at radius 3 is 2.29 bits per heavy atom. The van der Waals surface area contributed by atoms with Gasteiger partial charge in [0, 0.05) is 22.4 Å². The van der Waals surface area contributed by atoms with E-state index < -0.39 is 23.1 Å². The van der Waals surface area contributed by atoms with Crippen LogP contribution in [0.15, 0.2) is 42.5 Å². The van der Waals surface area contributed by atoms with Crippen LogP contribution in [-0.2, 0) is 22.3 Å². The Balaban J connectivity index is 1.69. The highest BCUT2D eigenvalue weighted by atomic mass is 35.5. The van der Waals surface area contributed by atoms with Crippen molar-refractivity contribution in [2.75, 3.05) is 0 Å². The molecule has 0 spiro atoms. The van der Waals surface area contributed by atoms with Crippen LogP contribution in [0.25, 0.3) is 10.6 Å². The smallest absolute Gasteiger partial charge is 0.294 e. The van der Waals surface area contributed by atoms with Crippen LogP contribution < -0.4 is 4.89 Å². The SMILES string of the molecule is CCC(C)(C)C(=O)OOc1ccc(C(=O)CCc2sc(-c3ccc(C(F)(F)F)cc3)nc2C(C)C)cc1Cl. The number of ketones is 1. The van der Waals surface area contributed by atoms with E-state index in [1.54, 1.807) is 19.9 Å². The molecule has 0 aliphatic carbocycles. The number of carbonyl (C=O) groups is 2. The number of alkyl halides is 3. The fourth-order valence-corrected chi connectivity index (χ4v) is 4.81. The number of benzene rings is 2. The molecule has 10 heteroatoms. The summed E-state index contributed by atoms with van der Waals surface area (Å²) >= 11 is 7.62. The maximum Gasteiger partial charge on any atom is 0.416 e. The minimum absolute atomic E-state index is 0.0748. The summed E-state index contributed by atoms with van der Waals surface area (Å²) in [4.78, 5) is 40.6. The van der Waals surface area contributed by atoms with E-state index in [4.69, 9.17) is 21.4 Å². The predicted octanol–water partition coefficient (Wildman–Crippen LogP) is 8.69. The zero-order chi connectivity index (χ0) is 28.3. The van der Waals surface area contributed by atoms with Gasteiger partial charge in [-0.05, 0) is 62.9 Å². The number of hydrogen-bond donors (Lipinski definition) is 0. The molecular formula is C28H29ClF3NO4S. The van der Waals surface area contributed by atoms with E-state index in [0.717, 1.165) is 22.7 Å². The fraction of sp³-hybridized carbons (Fsp3) is 0.393. The van der Waals surface area contributed by atoms with Crippen LogP contribution >= 0.6 is 22.9 Å². The molecule has 3 aromatic rings. The number of rotatable bonds is 10. The van der Waals surface area contributed by atoms with E-state index in [1.165, 1.54) is 35.6 Å². The quantitative estimate of drug-likeness (QED) is 0.139. The lowest BCUT2D eigenvalue weighted by Crippen LogP contribution is -2.26. The highest BCUT2D eigenvalue weighted by Crippen LogP contribution is 2.35. The maximum atomic E-state index is 12.9. The van der Waals surface area contributed by atoms with E-state index in [1.807, 2.05) is 20.8 Å². The van der Waals surface area contributed by atoms with E-state index in [-0.39, 0.29) is 28.9 Å². The number of carbonyl (C=O) groups excluding carboxylic acids is 2. The molecule has 0 saturated carbocycles. The largest absolute Gasteiger partial charge is 0.416 e. The molecule has 0 amide bonds. The van der Waals surface area contributed by atoms with Gasteiger partial charge in [0.2, 0.25) is 0 Å². The van der Waals surface area contributed by atoms with Gasteiger partial charge in [-0.3, -0.25) is 9.68 Å². The number of aromatic nitrogens is 1. The molecule has 1 aromatic heterocycles. The van der Waals surface area contributed by atoms with Crippen molar-refractivity contribution in [3.05, 3.63) is 69.2 Å². The monoisotopic (exact) mass is 567 g/mol. The van der Waals surface area contributed by atoms with E-state index >= 15 is 0 Å². The molecule has 0 unspecified atom stereocenters. The molecule has 38 heavy (non-hydrogen) atoms. The summed E-state index contributed by atoms with van der Waals surface area (Å²) in [6, 6.07) is 9.37. The molecule has 1 heterocycles. The van der Waals surface area contributed by atoms with Crippen LogP contribution in [0.3, 0.4) is 0 Å². The molecule has 0 N–H and O–H groups in total. The lowest BCUT2D eigenvalue weighted by Gasteiger charge is -2.18. The Bertz CT molecular complexity index is 1300. The zero-order valence-corrected chi connectivity index (χ0v) is 23.3. The number of aryl methyl sites for hydroxylation is 1. The van der Waals surface area contributed by atoms with Crippen LogP contribution in [0.1, 0.15) is 79.9 Å². The third-order valence-corrected chi connectivity index (χ3v) is 7.69. The van der Waals surface area contributed by atoms with Gasteiger partial charge in [0.1, 0.15) is 5.01 Å². The lowest BCUT2D eigenvalue weighted by atomic mass is 9.91. The molecule has 0 bridgehead atoms. The summed E-state index contributed by atoms with van der Waals surface area (Å²) in [5.74, 6) is -0.487. The van der Waals surface area contributed by atoms with Crippen molar-refractivity contribution in [2.24, 2.45) is 5.41 Å². The number of halogens is 4. The van der Waals surface area contributed by atoms with Crippen molar-refractivity contribution in [3.63, 3.8) is 0 Å². The highest BCUT2D eigenvalue weighted by molar-refractivity contribution is 7.15. The van der Waals surface area contributed by atoms with Gasteiger partial charge < -0.3 is 0 Å². The lowest BCUT2D eigenvalue weighted by molar-refractivity contribution is -0.224. The van der Waals surface area contributed by atoms with E-state index in [0.29, 0.717) is 29.0 Å². The zero-order valence-electron chi connectivity index (χ0n) is 21.7. The molecular weight excluding hydrogens is 539 g/mol. The van der Waals surface area contributed by atoms with Gasteiger partial charge in [-0.2, -0.15) is 13.2 Å². The molecule has 0 saturated heterocycles. The number of thiazole rings is 1. The summed E-state index contributed by atoms with van der Waals surface area (Å²) in [7, 11) is 0. The minimum atomic E-state index is -4.40. The van der Waals surface area contributed by atoms with Gasteiger partial charge in [-0.15, -0.1) is 11.3 Å². The minimum Gasteiger partial charge on any atom is -0.294 e. The average Bonchev–Trinajstić information content (AvgIpc) is 3.30. The number of hydrogen-bond acceptors (Lipinski definition) is 6. The Labute approximate surface area is 228 Å². The molecule has 204 valence electrons. The third-order valence-electron chi connectivity index (χ3n) is 6.21. The van der Waals surface area contributed by atoms with Crippen molar-refractivity contribution in [2.45, 2.75) is 66.0 Å². The summed E-state index contributed by atoms with van der Waals surface area (Å²) in [6.45, 7) is 9.29. The van der Waals surface area contributed by atoms with E-state index in [2.05, 4.69) is 4.98 Å². The summed E-state index contributed by atoms with van der Waals surface area (Å²) in [6.07, 6.45) is -3.23.